The zero-order valence-electron chi connectivity index (χ0n) is 13.1. The van der Waals surface area contributed by atoms with Gasteiger partial charge in [-0.15, -0.1) is 0 Å². The molecule has 2 aromatic rings. The lowest BCUT2D eigenvalue weighted by Crippen LogP contribution is -2.32. The Kier molecular flexibility index (Phi) is 5.33. The third kappa shape index (κ3) is 4.07. The summed E-state index contributed by atoms with van der Waals surface area (Å²) < 4.78 is 25.4. The summed E-state index contributed by atoms with van der Waals surface area (Å²) in [6.45, 7) is 3.72. The Bertz CT molecular complexity index is 759. The molecule has 1 heterocycles. The lowest BCUT2D eigenvalue weighted by atomic mass is 10.2. The molecule has 0 saturated heterocycles. The SMILES string of the molecule is CCN(c1ccc(C(=O)Nc2cccnc2)cc1)S(=O)(=O)CC. The van der Waals surface area contributed by atoms with E-state index in [9.17, 15) is 13.2 Å². The standard InChI is InChI=1S/C16H19N3O3S/c1-3-19(23(21,22)4-2)15-9-7-13(8-10-15)16(20)18-14-6-5-11-17-12-14/h5-12H,3-4H2,1-2H3,(H,18,20). The lowest BCUT2D eigenvalue weighted by molar-refractivity contribution is 0.102. The topological polar surface area (TPSA) is 79.4 Å². The first kappa shape index (κ1) is 17.0. The summed E-state index contributed by atoms with van der Waals surface area (Å²) in [4.78, 5) is 16.1. The van der Waals surface area contributed by atoms with Gasteiger partial charge >= 0.3 is 0 Å². The number of hydrogen-bond donors (Lipinski definition) is 1. The Morgan fingerprint density at radius 2 is 1.87 bits per heavy atom. The lowest BCUT2D eigenvalue weighted by Gasteiger charge is -2.22. The maximum Gasteiger partial charge on any atom is 0.255 e. The van der Waals surface area contributed by atoms with Crippen LogP contribution in [0.3, 0.4) is 0 Å². The van der Waals surface area contributed by atoms with Gasteiger partial charge in [-0.3, -0.25) is 14.1 Å². The number of nitrogens with zero attached hydrogens (tertiary/aromatic N) is 2. The van der Waals surface area contributed by atoms with Crippen molar-refractivity contribution in [1.82, 2.24) is 4.98 Å². The van der Waals surface area contributed by atoms with Crippen LogP contribution in [0.5, 0.6) is 0 Å². The molecule has 0 radical (unpaired) electrons. The van der Waals surface area contributed by atoms with Crippen LogP contribution in [0.25, 0.3) is 0 Å². The van der Waals surface area contributed by atoms with Crippen molar-refractivity contribution in [2.75, 3.05) is 21.9 Å². The van der Waals surface area contributed by atoms with Gasteiger partial charge in [0.05, 0.1) is 23.3 Å². The van der Waals surface area contributed by atoms with E-state index in [1.54, 1.807) is 62.6 Å². The molecule has 1 aromatic carbocycles. The summed E-state index contributed by atoms with van der Waals surface area (Å²) in [5.41, 5.74) is 1.60. The summed E-state index contributed by atoms with van der Waals surface area (Å²) >= 11 is 0. The molecule has 2 rings (SSSR count). The van der Waals surface area contributed by atoms with Crippen LogP contribution in [0.2, 0.25) is 0 Å². The molecule has 0 aliphatic rings. The van der Waals surface area contributed by atoms with Crippen molar-refractivity contribution in [3.8, 4) is 0 Å². The Hall–Kier alpha value is -2.41. The number of carbonyl (C=O) groups is 1. The average Bonchev–Trinajstić information content (AvgIpc) is 2.57. The largest absolute Gasteiger partial charge is 0.321 e. The third-order valence-electron chi connectivity index (χ3n) is 3.32. The van der Waals surface area contributed by atoms with Crippen molar-refractivity contribution in [2.24, 2.45) is 0 Å². The van der Waals surface area contributed by atoms with Crippen LogP contribution in [0.15, 0.2) is 48.8 Å². The number of carbonyl (C=O) groups excluding carboxylic acids is 1. The summed E-state index contributed by atoms with van der Waals surface area (Å²) in [5, 5.41) is 2.73. The third-order valence-corrected chi connectivity index (χ3v) is 5.19. The monoisotopic (exact) mass is 333 g/mol. The van der Waals surface area contributed by atoms with Crippen molar-refractivity contribution >= 4 is 27.3 Å². The van der Waals surface area contributed by atoms with Crippen molar-refractivity contribution in [2.45, 2.75) is 13.8 Å². The van der Waals surface area contributed by atoms with Gasteiger partial charge in [0.15, 0.2) is 0 Å². The number of benzene rings is 1. The molecule has 122 valence electrons. The molecule has 0 aliphatic carbocycles. The molecule has 0 atom stereocenters. The Labute approximate surface area is 136 Å². The molecule has 1 aromatic heterocycles. The van der Waals surface area contributed by atoms with Crippen molar-refractivity contribution < 1.29 is 13.2 Å². The quantitative estimate of drug-likeness (QED) is 0.881. The fourth-order valence-corrected chi connectivity index (χ4v) is 3.26. The molecule has 7 heteroatoms. The molecule has 1 N–H and O–H groups in total. The second-order valence-electron chi connectivity index (χ2n) is 4.81. The smallest absolute Gasteiger partial charge is 0.255 e. The van der Waals surface area contributed by atoms with E-state index in [2.05, 4.69) is 10.3 Å². The minimum absolute atomic E-state index is 0.0318. The van der Waals surface area contributed by atoms with Crippen LogP contribution < -0.4 is 9.62 Å². The Morgan fingerprint density at radius 1 is 1.17 bits per heavy atom. The first-order chi connectivity index (χ1) is 11.0. The number of amides is 1. The predicted octanol–water partition coefficient (Wildman–Crippen LogP) is 2.51. The molecule has 0 spiro atoms. The molecular weight excluding hydrogens is 314 g/mol. The van der Waals surface area contributed by atoms with E-state index in [0.29, 0.717) is 23.5 Å². The average molecular weight is 333 g/mol. The van der Waals surface area contributed by atoms with Gasteiger partial charge in [-0.2, -0.15) is 0 Å². The molecule has 0 aliphatic heterocycles. The summed E-state index contributed by atoms with van der Waals surface area (Å²) in [5.74, 6) is -0.240. The second-order valence-corrected chi connectivity index (χ2v) is 6.99. The van der Waals surface area contributed by atoms with E-state index in [0.717, 1.165) is 0 Å². The molecule has 6 nitrogen and oxygen atoms in total. The number of sulfonamides is 1. The van der Waals surface area contributed by atoms with Gasteiger partial charge in [0, 0.05) is 18.3 Å². The summed E-state index contributed by atoms with van der Waals surface area (Å²) in [7, 11) is -3.32. The fourth-order valence-electron chi connectivity index (χ4n) is 2.11. The highest BCUT2D eigenvalue weighted by Gasteiger charge is 2.18. The van der Waals surface area contributed by atoms with Crippen molar-refractivity contribution in [3.63, 3.8) is 0 Å². The zero-order valence-corrected chi connectivity index (χ0v) is 13.9. The highest BCUT2D eigenvalue weighted by molar-refractivity contribution is 7.92. The fraction of sp³-hybridized carbons (Fsp3) is 0.250. The molecule has 0 fully saturated rings. The van der Waals surface area contributed by atoms with E-state index in [4.69, 9.17) is 0 Å². The van der Waals surface area contributed by atoms with E-state index < -0.39 is 10.0 Å². The maximum atomic E-state index is 12.1. The van der Waals surface area contributed by atoms with E-state index in [-0.39, 0.29) is 11.7 Å². The van der Waals surface area contributed by atoms with Crippen LogP contribution in [-0.2, 0) is 10.0 Å². The molecule has 0 saturated carbocycles. The Morgan fingerprint density at radius 3 is 2.39 bits per heavy atom. The highest BCUT2D eigenvalue weighted by atomic mass is 32.2. The number of pyridine rings is 1. The minimum Gasteiger partial charge on any atom is -0.321 e. The number of aromatic nitrogens is 1. The van der Waals surface area contributed by atoms with E-state index in [1.807, 2.05) is 0 Å². The van der Waals surface area contributed by atoms with Crippen LogP contribution in [-0.4, -0.2) is 31.6 Å². The molecule has 1 amide bonds. The van der Waals surface area contributed by atoms with Gasteiger partial charge in [0.2, 0.25) is 10.0 Å². The molecule has 0 bridgehead atoms. The van der Waals surface area contributed by atoms with E-state index >= 15 is 0 Å². The molecule has 0 unspecified atom stereocenters. The number of nitrogens with one attached hydrogen (secondary N) is 1. The summed E-state index contributed by atoms with van der Waals surface area (Å²) in [6.07, 6.45) is 3.18. The van der Waals surface area contributed by atoms with Gasteiger partial charge in [-0.25, -0.2) is 8.42 Å². The first-order valence-corrected chi connectivity index (χ1v) is 8.90. The zero-order chi connectivity index (χ0) is 16.9. The van der Waals surface area contributed by atoms with Crippen LogP contribution in [0, 0.1) is 0 Å². The van der Waals surface area contributed by atoms with Gasteiger partial charge in [0.25, 0.3) is 5.91 Å². The Balaban J connectivity index is 2.17. The normalized spacial score (nSPS) is 11.0. The van der Waals surface area contributed by atoms with Gasteiger partial charge in [0.1, 0.15) is 0 Å². The van der Waals surface area contributed by atoms with Gasteiger partial charge in [-0.1, -0.05) is 0 Å². The van der Waals surface area contributed by atoms with Gasteiger partial charge in [-0.05, 0) is 50.2 Å². The predicted molar refractivity (Wildman–Crippen MR) is 91.1 cm³/mol. The van der Waals surface area contributed by atoms with Crippen LogP contribution in [0.1, 0.15) is 24.2 Å². The van der Waals surface area contributed by atoms with Crippen LogP contribution in [0.4, 0.5) is 11.4 Å². The first-order valence-electron chi connectivity index (χ1n) is 7.29. The number of anilines is 2. The molecule has 23 heavy (non-hydrogen) atoms. The second kappa shape index (κ2) is 7.23. The minimum atomic E-state index is -3.32. The van der Waals surface area contributed by atoms with Crippen molar-refractivity contribution in [3.05, 3.63) is 54.4 Å². The van der Waals surface area contributed by atoms with E-state index in [1.165, 1.54) is 4.31 Å². The van der Waals surface area contributed by atoms with Crippen LogP contribution >= 0.6 is 0 Å². The number of rotatable bonds is 6. The molecular formula is C16H19N3O3S. The highest BCUT2D eigenvalue weighted by Crippen LogP contribution is 2.19. The summed E-state index contributed by atoms with van der Waals surface area (Å²) in [6, 6.07) is 9.95. The number of hydrogen-bond acceptors (Lipinski definition) is 4. The maximum absolute atomic E-state index is 12.1. The van der Waals surface area contributed by atoms with Gasteiger partial charge < -0.3 is 5.32 Å². The van der Waals surface area contributed by atoms with Crippen molar-refractivity contribution in [1.29, 1.82) is 0 Å².